The summed E-state index contributed by atoms with van der Waals surface area (Å²) in [6.45, 7) is 9.10. The second kappa shape index (κ2) is 10.5. The number of β-amino-alcohol motifs (C(OH)–C–C–N with tert-alkyl or cyclic N) is 1. The number of nitrogens with zero attached hydrogens (tertiary/aromatic N) is 1. The summed E-state index contributed by atoms with van der Waals surface area (Å²) in [6.07, 6.45) is 2.10. The van der Waals surface area contributed by atoms with Crippen LogP contribution in [0.1, 0.15) is 51.5 Å². The highest BCUT2D eigenvalue weighted by Crippen LogP contribution is 2.28. The molecule has 0 bridgehead atoms. The van der Waals surface area contributed by atoms with Crippen LogP contribution in [-0.2, 0) is 9.53 Å². The van der Waals surface area contributed by atoms with Crippen LogP contribution >= 0.6 is 0 Å². The zero-order chi connectivity index (χ0) is 18.9. The Balaban J connectivity index is 1.77. The normalized spacial score (nSPS) is 18.3. The Kier molecular flexibility index (Phi) is 8.39. The van der Waals surface area contributed by atoms with Gasteiger partial charge in [0, 0.05) is 6.54 Å². The molecule has 1 aromatic rings. The molecule has 0 saturated carbocycles. The number of carbonyl (C=O) groups excluding carboxylic acids is 1. The molecular formula is C21H33NO4. The molecule has 1 heterocycles. The maximum Gasteiger partial charge on any atom is 0.309 e. The summed E-state index contributed by atoms with van der Waals surface area (Å²) in [7, 11) is 0. The number of hydrogen-bond donors (Lipinski definition) is 1. The lowest BCUT2D eigenvalue weighted by Gasteiger charge is -2.32. The monoisotopic (exact) mass is 363 g/mol. The van der Waals surface area contributed by atoms with E-state index in [1.165, 1.54) is 5.56 Å². The minimum atomic E-state index is -0.542. The van der Waals surface area contributed by atoms with Crippen molar-refractivity contribution in [3.05, 3.63) is 29.8 Å². The first-order valence-electron chi connectivity index (χ1n) is 9.83. The van der Waals surface area contributed by atoms with Gasteiger partial charge in [-0.15, -0.1) is 0 Å². The van der Waals surface area contributed by atoms with Gasteiger partial charge in [-0.2, -0.15) is 0 Å². The lowest BCUT2D eigenvalue weighted by Crippen LogP contribution is -2.42. The summed E-state index contributed by atoms with van der Waals surface area (Å²) in [5.74, 6) is 1.21. The van der Waals surface area contributed by atoms with E-state index in [1.54, 1.807) is 0 Å². The molecule has 1 aliphatic rings. The molecule has 146 valence electrons. The number of rotatable bonds is 9. The van der Waals surface area contributed by atoms with Gasteiger partial charge in [0.15, 0.2) is 0 Å². The number of para-hydroxylation sites is 1. The molecule has 0 unspecified atom stereocenters. The lowest BCUT2D eigenvalue weighted by molar-refractivity contribution is -0.149. The van der Waals surface area contributed by atoms with Crippen molar-refractivity contribution in [3.63, 3.8) is 0 Å². The maximum absolute atomic E-state index is 11.8. The Morgan fingerprint density at radius 1 is 1.27 bits per heavy atom. The fourth-order valence-corrected chi connectivity index (χ4v) is 3.39. The van der Waals surface area contributed by atoms with Crippen LogP contribution in [0.3, 0.4) is 0 Å². The van der Waals surface area contributed by atoms with Crippen LogP contribution < -0.4 is 4.74 Å². The van der Waals surface area contributed by atoms with Crippen molar-refractivity contribution >= 4 is 5.97 Å². The number of aliphatic hydroxyl groups excluding tert-OH is 1. The van der Waals surface area contributed by atoms with E-state index in [9.17, 15) is 9.90 Å². The van der Waals surface area contributed by atoms with Gasteiger partial charge < -0.3 is 19.5 Å². The van der Waals surface area contributed by atoms with Gasteiger partial charge in [-0.25, -0.2) is 0 Å². The number of hydrogen-bond acceptors (Lipinski definition) is 5. The number of carbonyl (C=O) groups is 1. The average Bonchev–Trinajstić information content (AvgIpc) is 2.66. The number of aliphatic hydroxyl groups is 1. The summed E-state index contributed by atoms with van der Waals surface area (Å²) < 4.78 is 11.0. The molecule has 1 fully saturated rings. The number of ether oxygens (including phenoxy) is 2. The van der Waals surface area contributed by atoms with Gasteiger partial charge in [0.05, 0.1) is 12.5 Å². The largest absolute Gasteiger partial charge is 0.491 e. The quantitative estimate of drug-likeness (QED) is 0.683. The molecule has 5 heteroatoms. The van der Waals surface area contributed by atoms with Gasteiger partial charge in [0.25, 0.3) is 0 Å². The molecule has 0 aromatic heterocycles. The third-order valence-corrected chi connectivity index (χ3v) is 5.17. The molecule has 0 amide bonds. The van der Waals surface area contributed by atoms with E-state index in [0.29, 0.717) is 19.1 Å². The van der Waals surface area contributed by atoms with Crippen LogP contribution in [0, 0.1) is 5.92 Å². The molecule has 1 aromatic carbocycles. The number of benzene rings is 1. The fraction of sp³-hybridized carbons (Fsp3) is 0.667. The van der Waals surface area contributed by atoms with Crippen LogP contribution in [-0.4, -0.2) is 54.9 Å². The van der Waals surface area contributed by atoms with E-state index in [-0.39, 0.29) is 18.5 Å². The molecule has 2 rings (SSSR count). The van der Waals surface area contributed by atoms with E-state index in [0.717, 1.165) is 38.1 Å². The van der Waals surface area contributed by atoms with Crippen molar-refractivity contribution in [2.45, 2.75) is 52.1 Å². The van der Waals surface area contributed by atoms with Crippen LogP contribution in [0.25, 0.3) is 0 Å². The third-order valence-electron chi connectivity index (χ3n) is 5.17. The van der Waals surface area contributed by atoms with Crippen LogP contribution in [0.4, 0.5) is 0 Å². The number of piperidine rings is 1. The maximum atomic E-state index is 11.8. The van der Waals surface area contributed by atoms with Gasteiger partial charge in [-0.05, 0) is 56.8 Å². The van der Waals surface area contributed by atoms with Gasteiger partial charge >= 0.3 is 5.97 Å². The van der Waals surface area contributed by atoms with E-state index >= 15 is 0 Å². The highest BCUT2D eigenvalue weighted by molar-refractivity contribution is 5.72. The second-order valence-corrected chi connectivity index (χ2v) is 7.14. The predicted molar refractivity (Wildman–Crippen MR) is 102 cm³/mol. The summed E-state index contributed by atoms with van der Waals surface area (Å²) in [5, 5.41) is 10.4. The minimum absolute atomic E-state index is 0.00185. The van der Waals surface area contributed by atoms with Crippen LogP contribution in [0.5, 0.6) is 5.75 Å². The van der Waals surface area contributed by atoms with Crippen molar-refractivity contribution in [2.24, 2.45) is 5.92 Å². The second-order valence-electron chi connectivity index (χ2n) is 7.14. The van der Waals surface area contributed by atoms with Crippen molar-refractivity contribution < 1.29 is 19.4 Å². The highest BCUT2D eigenvalue weighted by atomic mass is 16.5. The lowest BCUT2D eigenvalue weighted by atomic mass is 9.97. The SMILES string of the molecule is CCOC(=O)C1CCN(C[C@@H](O)COc2ccccc2[C@@H](C)CC)CC1. The van der Waals surface area contributed by atoms with E-state index in [4.69, 9.17) is 9.47 Å². The minimum Gasteiger partial charge on any atom is -0.491 e. The zero-order valence-corrected chi connectivity index (χ0v) is 16.3. The average molecular weight is 363 g/mol. The molecule has 1 aliphatic heterocycles. The Bertz CT molecular complexity index is 555. The topological polar surface area (TPSA) is 59.0 Å². The Labute approximate surface area is 157 Å². The summed E-state index contributed by atoms with van der Waals surface area (Å²) >= 11 is 0. The molecule has 26 heavy (non-hydrogen) atoms. The highest BCUT2D eigenvalue weighted by Gasteiger charge is 2.27. The third kappa shape index (κ3) is 5.99. The first kappa shape index (κ1) is 20.7. The van der Waals surface area contributed by atoms with Crippen molar-refractivity contribution in [3.8, 4) is 5.75 Å². The number of likely N-dealkylation sites (tertiary alicyclic amines) is 1. The Morgan fingerprint density at radius 3 is 2.62 bits per heavy atom. The molecular weight excluding hydrogens is 330 g/mol. The first-order valence-corrected chi connectivity index (χ1v) is 9.83. The van der Waals surface area contributed by atoms with Crippen molar-refractivity contribution in [1.29, 1.82) is 0 Å². The standard InChI is InChI=1S/C21H33NO4/c1-4-16(3)19-8-6-7-9-20(19)26-15-18(23)14-22-12-10-17(11-13-22)21(24)25-5-2/h6-9,16-18,23H,4-5,10-15H2,1-3H3/t16-,18+/m0/s1. The summed E-state index contributed by atoms with van der Waals surface area (Å²) in [6, 6.07) is 8.06. The molecule has 2 atom stereocenters. The predicted octanol–water partition coefficient (Wildman–Crippen LogP) is 3.21. The smallest absolute Gasteiger partial charge is 0.309 e. The van der Waals surface area contributed by atoms with Crippen molar-refractivity contribution in [1.82, 2.24) is 4.90 Å². The Hall–Kier alpha value is -1.59. The van der Waals surface area contributed by atoms with Crippen LogP contribution in [0.15, 0.2) is 24.3 Å². The Morgan fingerprint density at radius 2 is 1.96 bits per heavy atom. The van der Waals surface area contributed by atoms with E-state index in [1.807, 2.05) is 25.1 Å². The fourth-order valence-electron chi connectivity index (χ4n) is 3.39. The summed E-state index contributed by atoms with van der Waals surface area (Å²) in [5.41, 5.74) is 1.19. The van der Waals surface area contributed by atoms with Gasteiger partial charge in [0.2, 0.25) is 0 Å². The zero-order valence-electron chi connectivity index (χ0n) is 16.3. The number of esters is 1. The van der Waals surface area contributed by atoms with Gasteiger partial charge in [0.1, 0.15) is 18.5 Å². The van der Waals surface area contributed by atoms with Gasteiger partial charge in [-0.1, -0.05) is 32.0 Å². The molecule has 0 aliphatic carbocycles. The van der Waals surface area contributed by atoms with E-state index in [2.05, 4.69) is 24.8 Å². The van der Waals surface area contributed by atoms with Gasteiger partial charge in [-0.3, -0.25) is 4.79 Å². The van der Waals surface area contributed by atoms with Crippen molar-refractivity contribution in [2.75, 3.05) is 32.8 Å². The molecule has 0 spiro atoms. The first-order chi connectivity index (χ1) is 12.5. The molecule has 0 radical (unpaired) electrons. The molecule has 1 saturated heterocycles. The molecule has 1 N–H and O–H groups in total. The van der Waals surface area contributed by atoms with Crippen LogP contribution in [0.2, 0.25) is 0 Å². The van der Waals surface area contributed by atoms with E-state index < -0.39 is 6.10 Å². The molecule has 5 nitrogen and oxygen atoms in total. The summed E-state index contributed by atoms with van der Waals surface area (Å²) in [4.78, 5) is 14.0.